The number of hydrogen-bond donors (Lipinski definition) is 1. The molecule has 0 saturated carbocycles. The lowest BCUT2D eigenvalue weighted by Crippen LogP contribution is -2.10. The Kier molecular flexibility index (Phi) is 4.43. The second kappa shape index (κ2) is 6.07. The fourth-order valence-electron chi connectivity index (χ4n) is 2.10. The Morgan fingerprint density at radius 1 is 1.21 bits per heavy atom. The Bertz CT molecular complexity index is 568. The van der Waals surface area contributed by atoms with Gasteiger partial charge in [0.15, 0.2) is 0 Å². The minimum Gasteiger partial charge on any atom is -0.378 e. The van der Waals surface area contributed by atoms with Crippen LogP contribution < -0.4 is 5.32 Å². The third kappa shape index (κ3) is 3.27. The van der Waals surface area contributed by atoms with Crippen molar-refractivity contribution in [3.63, 3.8) is 0 Å². The highest BCUT2D eigenvalue weighted by Crippen LogP contribution is 2.28. The first-order valence-corrected chi connectivity index (χ1v) is 6.76. The largest absolute Gasteiger partial charge is 0.378 e. The molecular formula is C16H17ClFN. The molecule has 0 aliphatic heterocycles. The van der Waals surface area contributed by atoms with Crippen LogP contribution in [0, 0.1) is 12.7 Å². The van der Waals surface area contributed by atoms with Gasteiger partial charge in [-0.25, -0.2) is 4.39 Å². The minimum absolute atomic E-state index is 0.0767. The van der Waals surface area contributed by atoms with Crippen LogP contribution >= 0.6 is 11.6 Å². The van der Waals surface area contributed by atoms with Crippen molar-refractivity contribution in [3.05, 3.63) is 64.4 Å². The smallest absolute Gasteiger partial charge is 0.123 e. The summed E-state index contributed by atoms with van der Waals surface area (Å²) in [5, 5.41) is 4.17. The van der Waals surface area contributed by atoms with Gasteiger partial charge in [0, 0.05) is 10.7 Å². The molecule has 0 aliphatic rings. The van der Waals surface area contributed by atoms with Gasteiger partial charge in [0.1, 0.15) is 5.82 Å². The molecule has 1 unspecified atom stereocenters. The SMILES string of the molecule is CCC(Nc1cccc(Cl)c1C)c1cccc(F)c1. The van der Waals surface area contributed by atoms with Gasteiger partial charge < -0.3 is 5.32 Å². The summed E-state index contributed by atoms with van der Waals surface area (Å²) in [6, 6.07) is 12.5. The second-order valence-electron chi connectivity index (χ2n) is 4.57. The molecule has 0 fully saturated rings. The van der Waals surface area contributed by atoms with Crippen molar-refractivity contribution in [2.75, 3.05) is 5.32 Å². The van der Waals surface area contributed by atoms with Crippen molar-refractivity contribution in [2.24, 2.45) is 0 Å². The molecule has 19 heavy (non-hydrogen) atoms. The van der Waals surface area contributed by atoms with Crippen molar-refractivity contribution >= 4 is 17.3 Å². The molecule has 0 saturated heterocycles. The Balaban J connectivity index is 2.26. The Labute approximate surface area is 118 Å². The average molecular weight is 278 g/mol. The van der Waals surface area contributed by atoms with Gasteiger partial charge in [0.25, 0.3) is 0 Å². The van der Waals surface area contributed by atoms with Crippen LogP contribution in [0.3, 0.4) is 0 Å². The highest BCUT2D eigenvalue weighted by atomic mass is 35.5. The van der Waals surface area contributed by atoms with E-state index < -0.39 is 0 Å². The van der Waals surface area contributed by atoms with Crippen molar-refractivity contribution in [1.82, 2.24) is 0 Å². The maximum atomic E-state index is 13.3. The Morgan fingerprint density at radius 2 is 1.95 bits per heavy atom. The third-order valence-corrected chi connectivity index (χ3v) is 3.67. The maximum absolute atomic E-state index is 13.3. The van der Waals surface area contributed by atoms with E-state index in [2.05, 4.69) is 12.2 Å². The quantitative estimate of drug-likeness (QED) is 0.794. The molecule has 0 spiro atoms. The number of benzene rings is 2. The standard InChI is InChI=1S/C16H17ClFN/c1-3-15(12-6-4-7-13(18)10-12)19-16-9-5-8-14(17)11(16)2/h4-10,15,19H,3H2,1-2H3. The molecule has 3 heteroatoms. The van der Waals surface area contributed by atoms with E-state index in [1.54, 1.807) is 12.1 Å². The van der Waals surface area contributed by atoms with Gasteiger partial charge in [-0.1, -0.05) is 36.7 Å². The summed E-state index contributed by atoms with van der Waals surface area (Å²) in [6.45, 7) is 4.05. The average Bonchev–Trinajstić information content (AvgIpc) is 2.40. The molecule has 0 heterocycles. The first kappa shape index (κ1) is 13.9. The molecule has 1 atom stereocenters. The van der Waals surface area contributed by atoms with Crippen LogP contribution in [0.5, 0.6) is 0 Å². The molecule has 100 valence electrons. The predicted octanol–water partition coefficient (Wildman–Crippen LogP) is 5.35. The van der Waals surface area contributed by atoms with Gasteiger partial charge in [-0.15, -0.1) is 0 Å². The van der Waals surface area contributed by atoms with Crippen molar-refractivity contribution < 1.29 is 4.39 Å². The van der Waals surface area contributed by atoms with Gasteiger partial charge in [0.05, 0.1) is 6.04 Å². The zero-order chi connectivity index (χ0) is 13.8. The molecule has 1 nitrogen and oxygen atoms in total. The topological polar surface area (TPSA) is 12.0 Å². The van der Waals surface area contributed by atoms with Crippen LogP contribution in [0.1, 0.15) is 30.5 Å². The van der Waals surface area contributed by atoms with Gasteiger partial charge in [-0.2, -0.15) is 0 Å². The number of halogens is 2. The highest BCUT2D eigenvalue weighted by Gasteiger charge is 2.11. The lowest BCUT2D eigenvalue weighted by Gasteiger charge is -2.20. The van der Waals surface area contributed by atoms with Gasteiger partial charge in [-0.3, -0.25) is 0 Å². The van der Waals surface area contributed by atoms with Crippen LogP contribution in [0.15, 0.2) is 42.5 Å². The van der Waals surface area contributed by atoms with Gasteiger partial charge in [0.2, 0.25) is 0 Å². The molecule has 0 aliphatic carbocycles. The molecule has 1 N–H and O–H groups in total. The molecule has 0 amide bonds. The maximum Gasteiger partial charge on any atom is 0.123 e. The summed E-state index contributed by atoms with van der Waals surface area (Å²) in [7, 11) is 0. The Morgan fingerprint density at radius 3 is 2.63 bits per heavy atom. The Hall–Kier alpha value is -1.54. The summed E-state index contributed by atoms with van der Waals surface area (Å²) in [4.78, 5) is 0. The zero-order valence-electron chi connectivity index (χ0n) is 11.1. The molecule has 2 aromatic carbocycles. The van der Waals surface area contributed by atoms with E-state index in [0.29, 0.717) is 0 Å². The van der Waals surface area contributed by atoms with E-state index in [1.807, 2.05) is 31.2 Å². The summed E-state index contributed by atoms with van der Waals surface area (Å²) in [5.41, 5.74) is 2.95. The molecular weight excluding hydrogens is 261 g/mol. The molecule has 0 radical (unpaired) electrons. The van der Waals surface area contributed by atoms with Crippen LogP contribution in [0.4, 0.5) is 10.1 Å². The van der Waals surface area contributed by atoms with Crippen molar-refractivity contribution in [3.8, 4) is 0 Å². The van der Waals surface area contributed by atoms with E-state index in [4.69, 9.17) is 11.6 Å². The summed E-state index contributed by atoms with van der Waals surface area (Å²) in [6.07, 6.45) is 0.870. The van der Waals surface area contributed by atoms with Crippen molar-refractivity contribution in [2.45, 2.75) is 26.3 Å². The van der Waals surface area contributed by atoms with Gasteiger partial charge in [-0.05, 0) is 48.7 Å². The van der Waals surface area contributed by atoms with E-state index in [-0.39, 0.29) is 11.9 Å². The fraction of sp³-hybridized carbons (Fsp3) is 0.250. The highest BCUT2D eigenvalue weighted by molar-refractivity contribution is 6.31. The molecule has 0 bridgehead atoms. The summed E-state index contributed by atoms with van der Waals surface area (Å²) < 4.78 is 13.3. The first-order valence-electron chi connectivity index (χ1n) is 6.39. The van der Waals surface area contributed by atoms with Crippen LogP contribution in [0.25, 0.3) is 0 Å². The summed E-state index contributed by atoms with van der Waals surface area (Å²) >= 11 is 6.11. The molecule has 2 aromatic rings. The van der Waals surface area contributed by atoms with E-state index in [9.17, 15) is 4.39 Å². The van der Waals surface area contributed by atoms with Crippen LogP contribution in [0.2, 0.25) is 5.02 Å². The number of anilines is 1. The lowest BCUT2D eigenvalue weighted by atomic mass is 10.0. The van der Waals surface area contributed by atoms with Gasteiger partial charge >= 0.3 is 0 Å². The minimum atomic E-state index is -0.208. The number of hydrogen-bond acceptors (Lipinski definition) is 1. The molecule has 0 aromatic heterocycles. The van der Waals surface area contributed by atoms with E-state index in [0.717, 1.165) is 28.3 Å². The van der Waals surface area contributed by atoms with Crippen molar-refractivity contribution in [1.29, 1.82) is 0 Å². The molecule has 2 rings (SSSR count). The number of nitrogens with one attached hydrogen (secondary N) is 1. The lowest BCUT2D eigenvalue weighted by molar-refractivity contribution is 0.621. The normalized spacial score (nSPS) is 12.2. The third-order valence-electron chi connectivity index (χ3n) is 3.26. The predicted molar refractivity (Wildman–Crippen MR) is 79.2 cm³/mol. The van der Waals surface area contributed by atoms with Crippen LogP contribution in [-0.2, 0) is 0 Å². The van der Waals surface area contributed by atoms with Crippen LogP contribution in [-0.4, -0.2) is 0 Å². The number of rotatable bonds is 4. The first-order chi connectivity index (χ1) is 9.11. The fourth-order valence-corrected chi connectivity index (χ4v) is 2.27. The second-order valence-corrected chi connectivity index (χ2v) is 4.98. The zero-order valence-corrected chi connectivity index (χ0v) is 11.8. The van der Waals surface area contributed by atoms with E-state index in [1.165, 1.54) is 6.07 Å². The van der Waals surface area contributed by atoms with E-state index >= 15 is 0 Å². The summed E-state index contributed by atoms with van der Waals surface area (Å²) in [5.74, 6) is -0.208. The monoisotopic (exact) mass is 277 g/mol.